The lowest BCUT2D eigenvalue weighted by Gasteiger charge is -2.31. The molecule has 0 saturated heterocycles. The van der Waals surface area contributed by atoms with Crippen molar-refractivity contribution in [2.24, 2.45) is 5.92 Å². The van der Waals surface area contributed by atoms with Gasteiger partial charge >= 0.3 is 0 Å². The molecule has 1 aliphatic rings. The zero-order valence-electron chi connectivity index (χ0n) is 8.68. The summed E-state index contributed by atoms with van der Waals surface area (Å²) >= 11 is 12.1. The van der Waals surface area contributed by atoms with E-state index in [1.54, 1.807) is 6.07 Å². The van der Waals surface area contributed by atoms with Gasteiger partial charge in [-0.2, -0.15) is 0 Å². The Morgan fingerprint density at radius 3 is 2.80 bits per heavy atom. The fraction of sp³-hybridized carbons (Fsp3) is 0.455. The van der Waals surface area contributed by atoms with Gasteiger partial charge in [-0.15, -0.1) is 0 Å². The van der Waals surface area contributed by atoms with Crippen molar-refractivity contribution in [2.75, 3.05) is 13.7 Å². The molecule has 2 atom stereocenters. The molecule has 0 bridgehead atoms. The number of nitrogens with one attached hydrogen (secondary N) is 1. The first-order chi connectivity index (χ1) is 7.13. The Bertz CT molecular complexity index is 381. The maximum Gasteiger partial charge on any atom is 0.142 e. The van der Waals surface area contributed by atoms with Gasteiger partial charge in [-0.25, -0.2) is 0 Å². The molecular formula is C11H13Cl2NO. The molecule has 2 nitrogen and oxygen atoms in total. The predicted octanol–water partition coefficient (Wildman–Crippen LogP) is 3.28. The van der Waals surface area contributed by atoms with Crippen LogP contribution in [-0.4, -0.2) is 13.7 Å². The fourth-order valence-electron chi connectivity index (χ4n) is 2.02. The van der Waals surface area contributed by atoms with Gasteiger partial charge in [-0.3, -0.25) is 0 Å². The second kappa shape index (κ2) is 4.20. The number of rotatable bonds is 1. The number of hydrogen-bond donors (Lipinski definition) is 1. The van der Waals surface area contributed by atoms with Crippen LogP contribution in [-0.2, 0) is 0 Å². The normalized spacial score (nSPS) is 24.5. The molecule has 2 unspecified atom stereocenters. The average Bonchev–Trinajstić information content (AvgIpc) is 2.17. The van der Waals surface area contributed by atoms with Gasteiger partial charge in [-0.05, 0) is 19.2 Å². The molecule has 0 radical (unpaired) electrons. The molecule has 1 aromatic rings. The maximum atomic E-state index is 6.08. The zero-order chi connectivity index (χ0) is 11.0. The van der Waals surface area contributed by atoms with Crippen molar-refractivity contribution >= 4 is 23.2 Å². The van der Waals surface area contributed by atoms with Crippen LogP contribution in [0.2, 0.25) is 10.0 Å². The molecule has 1 N–H and O–H groups in total. The molecule has 82 valence electrons. The first-order valence-electron chi connectivity index (χ1n) is 4.92. The molecule has 2 rings (SSSR count). The highest BCUT2D eigenvalue weighted by Gasteiger charge is 2.28. The molecule has 1 aliphatic heterocycles. The van der Waals surface area contributed by atoms with Gasteiger partial charge in [-0.1, -0.05) is 30.1 Å². The van der Waals surface area contributed by atoms with Crippen molar-refractivity contribution in [3.8, 4) is 5.75 Å². The molecule has 1 heterocycles. The SMILES string of the molecule is CNC1c2cc(Cl)cc(Cl)c2OCC1C. The second-order valence-electron chi connectivity index (χ2n) is 3.86. The summed E-state index contributed by atoms with van der Waals surface area (Å²) in [5.74, 6) is 1.18. The van der Waals surface area contributed by atoms with Crippen molar-refractivity contribution in [3.05, 3.63) is 27.7 Å². The Kier molecular flexibility index (Phi) is 3.10. The lowest BCUT2D eigenvalue weighted by atomic mass is 9.92. The van der Waals surface area contributed by atoms with Crippen LogP contribution in [0.5, 0.6) is 5.75 Å². The summed E-state index contributed by atoms with van der Waals surface area (Å²) in [7, 11) is 1.94. The van der Waals surface area contributed by atoms with Crippen LogP contribution in [0.1, 0.15) is 18.5 Å². The Morgan fingerprint density at radius 1 is 1.40 bits per heavy atom. The van der Waals surface area contributed by atoms with E-state index in [4.69, 9.17) is 27.9 Å². The highest BCUT2D eigenvalue weighted by atomic mass is 35.5. The summed E-state index contributed by atoms with van der Waals surface area (Å²) in [5, 5.41) is 4.50. The summed E-state index contributed by atoms with van der Waals surface area (Å²) in [4.78, 5) is 0. The van der Waals surface area contributed by atoms with E-state index in [2.05, 4.69) is 12.2 Å². The van der Waals surface area contributed by atoms with Gasteiger partial charge in [0.1, 0.15) is 5.75 Å². The quantitative estimate of drug-likeness (QED) is 0.820. The third-order valence-corrected chi connectivity index (χ3v) is 3.24. The molecule has 15 heavy (non-hydrogen) atoms. The zero-order valence-corrected chi connectivity index (χ0v) is 10.2. The van der Waals surface area contributed by atoms with E-state index in [9.17, 15) is 0 Å². The number of benzene rings is 1. The largest absolute Gasteiger partial charge is 0.491 e. The summed E-state index contributed by atoms with van der Waals surface area (Å²) < 4.78 is 5.62. The minimum Gasteiger partial charge on any atom is -0.491 e. The second-order valence-corrected chi connectivity index (χ2v) is 4.70. The van der Waals surface area contributed by atoms with Crippen molar-refractivity contribution in [1.82, 2.24) is 5.32 Å². The first-order valence-corrected chi connectivity index (χ1v) is 5.68. The van der Waals surface area contributed by atoms with Crippen LogP contribution in [0.15, 0.2) is 12.1 Å². The van der Waals surface area contributed by atoms with E-state index in [-0.39, 0.29) is 6.04 Å². The van der Waals surface area contributed by atoms with E-state index in [0.29, 0.717) is 22.6 Å². The molecule has 0 spiro atoms. The smallest absolute Gasteiger partial charge is 0.142 e. The number of hydrogen-bond acceptors (Lipinski definition) is 2. The third kappa shape index (κ3) is 1.94. The van der Waals surface area contributed by atoms with Crippen molar-refractivity contribution in [1.29, 1.82) is 0 Å². The van der Waals surface area contributed by atoms with Gasteiger partial charge in [0, 0.05) is 22.5 Å². The van der Waals surface area contributed by atoms with E-state index >= 15 is 0 Å². The molecule has 0 saturated carbocycles. The summed E-state index contributed by atoms with van der Waals surface area (Å²) in [6, 6.07) is 3.88. The summed E-state index contributed by atoms with van der Waals surface area (Å²) in [5.41, 5.74) is 1.05. The van der Waals surface area contributed by atoms with Crippen LogP contribution in [0.3, 0.4) is 0 Å². The molecule has 0 aliphatic carbocycles. The average molecular weight is 246 g/mol. The highest BCUT2D eigenvalue weighted by molar-refractivity contribution is 6.35. The van der Waals surface area contributed by atoms with Gasteiger partial charge in [0.2, 0.25) is 0 Å². The standard InChI is InChI=1S/C11H13Cl2NO/c1-6-5-15-11-8(10(6)14-2)3-7(12)4-9(11)13/h3-4,6,10,14H,5H2,1-2H3. The molecule has 0 aromatic heterocycles. The van der Waals surface area contributed by atoms with E-state index < -0.39 is 0 Å². The van der Waals surface area contributed by atoms with Crippen molar-refractivity contribution in [2.45, 2.75) is 13.0 Å². The molecular weight excluding hydrogens is 233 g/mol. The highest BCUT2D eigenvalue weighted by Crippen LogP contribution is 2.41. The molecule has 0 amide bonds. The first kappa shape index (κ1) is 11.1. The van der Waals surface area contributed by atoms with E-state index in [1.165, 1.54) is 0 Å². The summed E-state index contributed by atoms with van der Waals surface area (Å²) in [6.07, 6.45) is 0. The van der Waals surface area contributed by atoms with E-state index in [0.717, 1.165) is 11.3 Å². The Balaban J connectivity index is 2.52. The monoisotopic (exact) mass is 245 g/mol. The topological polar surface area (TPSA) is 21.3 Å². The van der Waals surface area contributed by atoms with Gasteiger partial charge in [0.25, 0.3) is 0 Å². The van der Waals surface area contributed by atoms with Gasteiger partial charge < -0.3 is 10.1 Å². The van der Waals surface area contributed by atoms with Gasteiger partial charge in [0.15, 0.2) is 0 Å². The molecule has 1 aromatic carbocycles. The Morgan fingerprint density at radius 2 is 2.13 bits per heavy atom. The molecule has 0 fully saturated rings. The minimum atomic E-state index is 0.255. The Labute approximate surface area is 99.5 Å². The number of fused-ring (bicyclic) bond motifs is 1. The van der Waals surface area contributed by atoms with E-state index in [1.807, 2.05) is 13.1 Å². The maximum absolute atomic E-state index is 6.08. The van der Waals surface area contributed by atoms with Crippen molar-refractivity contribution in [3.63, 3.8) is 0 Å². The Hall–Kier alpha value is -0.440. The lowest BCUT2D eigenvalue weighted by Crippen LogP contribution is -2.31. The van der Waals surface area contributed by atoms with Gasteiger partial charge in [0.05, 0.1) is 11.6 Å². The number of ether oxygens (including phenoxy) is 1. The van der Waals surface area contributed by atoms with Crippen LogP contribution < -0.4 is 10.1 Å². The van der Waals surface area contributed by atoms with Crippen LogP contribution in [0.25, 0.3) is 0 Å². The lowest BCUT2D eigenvalue weighted by molar-refractivity contribution is 0.193. The van der Waals surface area contributed by atoms with Crippen molar-refractivity contribution < 1.29 is 4.74 Å². The molecule has 4 heteroatoms. The predicted molar refractivity (Wildman–Crippen MR) is 62.9 cm³/mol. The third-order valence-electron chi connectivity index (χ3n) is 2.74. The van der Waals surface area contributed by atoms with Crippen LogP contribution in [0.4, 0.5) is 0 Å². The summed E-state index contributed by atoms with van der Waals surface area (Å²) in [6.45, 7) is 2.82. The van der Waals surface area contributed by atoms with Crippen LogP contribution >= 0.6 is 23.2 Å². The van der Waals surface area contributed by atoms with Crippen LogP contribution in [0, 0.1) is 5.92 Å². The number of halogens is 2. The minimum absolute atomic E-state index is 0.255. The fourth-order valence-corrected chi connectivity index (χ4v) is 2.58.